The molecule has 0 unspecified atom stereocenters. The standard InChI is InChI=1S/C10H21N3O3/c1-10(2,3)13-8(14)6-12-9(15)7-16-5-4-11/h4-7,11H2,1-3H3,(H,12,15)(H,13,14). The van der Waals surface area contributed by atoms with Crippen molar-refractivity contribution in [1.29, 1.82) is 0 Å². The number of carbonyl (C=O) groups excluding carboxylic acids is 2. The molecule has 0 atom stereocenters. The van der Waals surface area contributed by atoms with E-state index in [4.69, 9.17) is 10.5 Å². The summed E-state index contributed by atoms with van der Waals surface area (Å²) in [7, 11) is 0. The minimum absolute atomic E-state index is 0.0396. The van der Waals surface area contributed by atoms with Gasteiger partial charge in [0.05, 0.1) is 13.2 Å². The lowest BCUT2D eigenvalue weighted by Crippen LogP contribution is -2.46. The molecule has 6 heteroatoms. The van der Waals surface area contributed by atoms with Gasteiger partial charge in [-0.1, -0.05) is 0 Å². The predicted octanol–water partition coefficient (Wildman–Crippen LogP) is -1.01. The Morgan fingerprint density at radius 2 is 1.88 bits per heavy atom. The molecule has 0 aliphatic heterocycles. The smallest absolute Gasteiger partial charge is 0.246 e. The van der Waals surface area contributed by atoms with Gasteiger partial charge in [0, 0.05) is 12.1 Å². The van der Waals surface area contributed by atoms with Gasteiger partial charge in [-0.2, -0.15) is 0 Å². The number of hydrogen-bond acceptors (Lipinski definition) is 4. The van der Waals surface area contributed by atoms with Crippen molar-refractivity contribution in [3.05, 3.63) is 0 Å². The van der Waals surface area contributed by atoms with Crippen LogP contribution in [0.15, 0.2) is 0 Å². The zero-order chi connectivity index (χ0) is 12.6. The van der Waals surface area contributed by atoms with Gasteiger partial charge in [-0.3, -0.25) is 9.59 Å². The van der Waals surface area contributed by atoms with Crippen LogP contribution in [0.25, 0.3) is 0 Å². The molecule has 0 fully saturated rings. The Hall–Kier alpha value is -1.14. The molecule has 0 radical (unpaired) electrons. The Balaban J connectivity index is 3.63. The van der Waals surface area contributed by atoms with E-state index in [0.717, 1.165) is 0 Å². The lowest BCUT2D eigenvalue weighted by Gasteiger charge is -2.20. The van der Waals surface area contributed by atoms with Crippen molar-refractivity contribution in [1.82, 2.24) is 10.6 Å². The molecule has 6 nitrogen and oxygen atoms in total. The maximum Gasteiger partial charge on any atom is 0.246 e. The number of nitrogens with two attached hydrogens (primary N) is 1. The van der Waals surface area contributed by atoms with Crippen molar-refractivity contribution < 1.29 is 14.3 Å². The SMILES string of the molecule is CC(C)(C)NC(=O)CNC(=O)COCCN. The van der Waals surface area contributed by atoms with Gasteiger partial charge in [0.2, 0.25) is 11.8 Å². The topological polar surface area (TPSA) is 93.5 Å². The fourth-order valence-corrected chi connectivity index (χ4v) is 0.941. The van der Waals surface area contributed by atoms with Gasteiger partial charge in [0.15, 0.2) is 0 Å². The third-order valence-corrected chi connectivity index (χ3v) is 1.46. The van der Waals surface area contributed by atoms with E-state index in [1.54, 1.807) is 0 Å². The van der Waals surface area contributed by atoms with Gasteiger partial charge in [-0.05, 0) is 20.8 Å². The highest BCUT2D eigenvalue weighted by atomic mass is 16.5. The molecule has 0 aliphatic carbocycles. The normalized spacial score (nSPS) is 11.0. The van der Waals surface area contributed by atoms with E-state index in [9.17, 15) is 9.59 Å². The molecule has 2 amide bonds. The Morgan fingerprint density at radius 3 is 2.38 bits per heavy atom. The summed E-state index contributed by atoms with van der Waals surface area (Å²) in [6, 6.07) is 0. The van der Waals surface area contributed by atoms with Crippen LogP contribution in [0.1, 0.15) is 20.8 Å². The lowest BCUT2D eigenvalue weighted by atomic mass is 10.1. The first kappa shape index (κ1) is 14.9. The zero-order valence-electron chi connectivity index (χ0n) is 10.1. The molecule has 0 aromatic carbocycles. The second-order valence-electron chi connectivity index (χ2n) is 4.42. The second-order valence-corrected chi connectivity index (χ2v) is 4.42. The molecule has 0 aliphatic rings. The number of ether oxygens (including phenoxy) is 1. The number of rotatable bonds is 6. The van der Waals surface area contributed by atoms with Crippen molar-refractivity contribution in [3.63, 3.8) is 0 Å². The van der Waals surface area contributed by atoms with E-state index in [1.165, 1.54) is 0 Å². The Bertz CT molecular complexity index is 236. The van der Waals surface area contributed by atoms with E-state index < -0.39 is 0 Å². The fourth-order valence-electron chi connectivity index (χ4n) is 0.941. The maximum atomic E-state index is 11.3. The highest BCUT2D eigenvalue weighted by molar-refractivity contribution is 5.85. The number of amides is 2. The van der Waals surface area contributed by atoms with Gasteiger partial charge < -0.3 is 21.1 Å². The van der Waals surface area contributed by atoms with E-state index in [2.05, 4.69) is 10.6 Å². The van der Waals surface area contributed by atoms with Crippen LogP contribution in [0.5, 0.6) is 0 Å². The van der Waals surface area contributed by atoms with Crippen LogP contribution in [-0.2, 0) is 14.3 Å². The minimum atomic E-state index is -0.322. The third-order valence-electron chi connectivity index (χ3n) is 1.46. The van der Waals surface area contributed by atoms with Crippen LogP contribution in [-0.4, -0.2) is 43.7 Å². The molecule has 0 bridgehead atoms. The van der Waals surface area contributed by atoms with Gasteiger partial charge in [0.25, 0.3) is 0 Å². The molecule has 0 aromatic rings. The largest absolute Gasteiger partial charge is 0.370 e. The molecule has 0 heterocycles. The third kappa shape index (κ3) is 9.42. The molecule has 4 N–H and O–H groups in total. The van der Waals surface area contributed by atoms with Gasteiger partial charge in [0.1, 0.15) is 6.61 Å². The first-order chi connectivity index (χ1) is 7.35. The molecular formula is C10H21N3O3. The summed E-state index contributed by atoms with van der Waals surface area (Å²) in [5.41, 5.74) is 4.89. The van der Waals surface area contributed by atoms with Crippen LogP contribution < -0.4 is 16.4 Å². The van der Waals surface area contributed by atoms with E-state index in [-0.39, 0.29) is 30.5 Å². The quantitative estimate of drug-likeness (QED) is 0.511. The molecular weight excluding hydrogens is 210 g/mol. The Kier molecular flexibility index (Phi) is 6.67. The fraction of sp³-hybridized carbons (Fsp3) is 0.800. The minimum Gasteiger partial charge on any atom is -0.370 e. The molecule has 0 rings (SSSR count). The summed E-state index contributed by atoms with van der Waals surface area (Å²) in [5, 5.41) is 5.17. The summed E-state index contributed by atoms with van der Waals surface area (Å²) in [4.78, 5) is 22.4. The Morgan fingerprint density at radius 1 is 1.25 bits per heavy atom. The van der Waals surface area contributed by atoms with Crippen LogP contribution >= 0.6 is 0 Å². The van der Waals surface area contributed by atoms with Crippen molar-refractivity contribution in [2.45, 2.75) is 26.3 Å². The van der Waals surface area contributed by atoms with E-state index >= 15 is 0 Å². The lowest BCUT2D eigenvalue weighted by molar-refractivity contribution is -0.129. The first-order valence-corrected chi connectivity index (χ1v) is 5.20. The first-order valence-electron chi connectivity index (χ1n) is 5.20. The molecule has 94 valence electrons. The highest BCUT2D eigenvalue weighted by Crippen LogP contribution is 1.96. The van der Waals surface area contributed by atoms with E-state index in [0.29, 0.717) is 13.2 Å². The molecule has 0 saturated heterocycles. The van der Waals surface area contributed by atoms with Crippen LogP contribution in [0, 0.1) is 0 Å². The average Bonchev–Trinajstić information content (AvgIpc) is 2.12. The maximum absolute atomic E-state index is 11.3. The summed E-state index contributed by atoms with van der Waals surface area (Å²) >= 11 is 0. The zero-order valence-corrected chi connectivity index (χ0v) is 10.1. The monoisotopic (exact) mass is 231 g/mol. The molecule has 16 heavy (non-hydrogen) atoms. The molecule has 0 aromatic heterocycles. The van der Waals surface area contributed by atoms with Crippen LogP contribution in [0.2, 0.25) is 0 Å². The second kappa shape index (κ2) is 7.19. The van der Waals surface area contributed by atoms with Crippen molar-refractivity contribution in [3.8, 4) is 0 Å². The van der Waals surface area contributed by atoms with Crippen LogP contribution in [0.3, 0.4) is 0 Å². The summed E-state index contributed by atoms with van der Waals surface area (Å²) in [5.74, 6) is -0.544. The van der Waals surface area contributed by atoms with Crippen molar-refractivity contribution in [2.75, 3.05) is 26.3 Å². The molecule has 0 saturated carbocycles. The average molecular weight is 231 g/mol. The van der Waals surface area contributed by atoms with Crippen molar-refractivity contribution >= 4 is 11.8 Å². The highest BCUT2D eigenvalue weighted by Gasteiger charge is 2.13. The van der Waals surface area contributed by atoms with Gasteiger partial charge >= 0.3 is 0 Å². The summed E-state index contributed by atoms with van der Waals surface area (Å²) in [6.45, 7) is 6.22. The number of nitrogens with one attached hydrogen (secondary N) is 2. The van der Waals surface area contributed by atoms with Crippen molar-refractivity contribution in [2.24, 2.45) is 5.73 Å². The predicted molar refractivity (Wildman–Crippen MR) is 60.8 cm³/mol. The van der Waals surface area contributed by atoms with E-state index in [1.807, 2.05) is 20.8 Å². The number of carbonyl (C=O) groups is 2. The van der Waals surface area contributed by atoms with Gasteiger partial charge in [-0.25, -0.2) is 0 Å². The summed E-state index contributed by atoms with van der Waals surface area (Å²) in [6.07, 6.45) is 0. The van der Waals surface area contributed by atoms with Crippen LogP contribution in [0.4, 0.5) is 0 Å². The number of hydrogen-bond donors (Lipinski definition) is 3. The Labute approximate surface area is 95.9 Å². The summed E-state index contributed by atoms with van der Waals surface area (Å²) < 4.78 is 4.91. The molecule has 0 spiro atoms. The van der Waals surface area contributed by atoms with Gasteiger partial charge in [-0.15, -0.1) is 0 Å².